The standard InChI is InChI=1S/C26H30N4O4S/c1-17-6-5-7-19(16-17)30(22(33)13-12-21(32)28-25-27-14-15-35-25)23(24(34)29-26(2,3)4)18-8-10-20(31)11-9-18/h5-11,14-16,23,31H,12-13H2,1-4H3,(H,29,34)(H,27,28,32)/t23-/m1/s1. The summed E-state index contributed by atoms with van der Waals surface area (Å²) < 4.78 is 0. The van der Waals surface area contributed by atoms with Gasteiger partial charge >= 0.3 is 0 Å². The lowest BCUT2D eigenvalue weighted by atomic mass is 9.99. The number of benzene rings is 2. The van der Waals surface area contributed by atoms with Crippen LogP contribution in [0, 0.1) is 6.92 Å². The third kappa shape index (κ3) is 7.38. The van der Waals surface area contributed by atoms with E-state index in [1.54, 1.807) is 29.8 Å². The van der Waals surface area contributed by atoms with Crippen molar-refractivity contribution in [2.24, 2.45) is 0 Å². The normalized spacial score (nSPS) is 12.0. The van der Waals surface area contributed by atoms with E-state index in [0.717, 1.165) is 5.56 Å². The Balaban J connectivity index is 1.96. The highest BCUT2D eigenvalue weighted by molar-refractivity contribution is 7.13. The molecular formula is C26H30N4O4S. The van der Waals surface area contributed by atoms with Gasteiger partial charge in [-0.3, -0.25) is 19.3 Å². The van der Waals surface area contributed by atoms with Crippen LogP contribution in [0.5, 0.6) is 5.75 Å². The first kappa shape index (κ1) is 25.9. The molecular weight excluding hydrogens is 464 g/mol. The Hall–Kier alpha value is -3.72. The fraction of sp³-hybridized carbons (Fsp3) is 0.308. The van der Waals surface area contributed by atoms with Crippen molar-refractivity contribution in [3.8, 4) is 5.75 Å². The second-order valence-electron chi connectivity index (χ2n) is 9.22. The number of hydrogen-bond donors (Lipinski definition) is 3. The van der Waals surface area contributed by atoms with Gasteiger partial charge in [0.1, 0.15) is 11.8 Å². The van der Waals surface area contributed by atoms with E-state index in [4.69, 9.17) is 0 Å². The average molecular weight is 495 g/mol. The van der Waals surface area contributed by atoms with Crippen LogP contribution in [0.3, 0.4) is 0 Å². The molecule has 3 aromatic rings. The molecule has 0 bridgehead atoms. The van der Waals surface area contributed by atoms with E-state index < -0.39 is 11.6 Å². The van der Waals surface area contributed by atoms with Crippen molar-refractivity contribution in [2.75, 3.05) is 10.2 Å². The molecule has 0 aliphatic rings. The number of nitrogens with one attached hydrogen (secondary N) is 2. The van der Waals surface area contributed by atoms with Gasteiger partial charge in [0.25, 0.3) is 0 Å². The smallest absolute Gasteiger partial charge is 0.248 e. The Kier molecular flexibility index (Phi) is 8.24. The van der Waals surface area contributed by atoms with Crippen molar-refractivity contribution in [2.45, 2.75) is 52.1 Å². The van der Waals surface area contributed by atoms with Crippen LogP contribution in [0.1, 0.15) is 50.8 Å². The van der Waals surface area contributed by atoms with Crippen LogP contribution in [0.15, 0.2) is 60.1 Å². The second kappa shape index (κ2) is 11.1. The zero-order chi connectivity index (χ0) is 25.6. The molecule has 9 heteroatoms. The zero-order valence-corrected chi connectivity index (χ0v) is 21.1. The molecule has 8 nitrogen and oxygen atoms in total. The molecule has 0 saturated carbocycles. The first-order valence-corrected chi connectivity index (χ1v) is 12.1. The number of amides is 3. The third-order valence-electron chi connectivity index (χ3n) is 5.01. The van der Waals surface area contributed by atoms with Gasteiger partial charge in [-0.2, -0.15) is 0 Å². The van der Waals surface area contributed by atoms with E-state index in [0.29, 0.717) is 16.4 Å². The van der Waals surface area contributed by atoms with Crippen molar-refractivity contribution >= 4 is 39.9 Å². The summed E-state index contributed by atoms with van der Waals surface area (Å²) >= 11 is 1.29. The lowest BCUT2D eigenvalue weighted by Crippen LogP contribution is -2.49. The molecule has 0 spiro atoms. The number of carbonyl (C=O) groups excluding carboxylic acids is 3. The molecule has 1 heterocycles. The molecule has 0 radical (unpaired) electrons. The maximum Gasteiger partial charge on any atom is 0.248 e. The van der Waals surface area contributed by atoms with Crippen molar-refractivity contribution in [1.29, 1.82) is 0 Å². The van der Waals surface area contributed by atoms with Crippen LogP contribution in [0.25, 0.3) is 0 Å². The number of nitrogens with zero attached hydrogens (tertiary/aromatic N) is 2. The summed E-state index contributed by atoms with van der Waals surface area (Å²) in [5.74, 6) is -1.04. The van der Waals surface area contributed by atoms with E-state index in [1.807, 2.05) is 45.9 Å². The number of aryl methyl sites for hydroxylation is 1. The fourth-order valence-electron chi connectivity index (χ4n) is 3.53. The van der Waals surface area contributed by atoms with Crippen LogP contribution in [-0.2, 0) is 14.4 Å². The van der Waals surface area contributed by atoms with Gasteiger partial charge in [0.05, 0.1) is 0 Å². The fourth-order valence-corrected chi connectivity index (χ4v) is 4.08. The van der Waals surface area contributed by atoms with Gasteiger partial charge in [-0.05, 0) is 63.1 Å². The predicted octanol–water partition coefficient (Wildman–Crippen LogP) is 4.57. The maximum atomic E-state index is 13.6. The number of phenolic OH excluding ortho intramolecular Hbond substituents is 1. The van der Waals surface area contributed by atoms with Gasteiger partial charge in [-0.25, -0.2) is 4.98 Å². The third-order valence-corrected chi connectivity index (χ3v) is 5.70. The Morgan fingerprint density at radius 2 is 1.80 bits per heavy atom. The van der Waals surface area contributed by atoms with Crippen molar-refractivity contribution in [3.05, 3.63) is 71.2 Å². The average Bonchev–Trinajstić information content (AvgIpc) is 3.28. The molecule has 1 atom stereocenters. The Bertz CT molecular complexity index is 1170. The summed E-state index contributed by atoms with van der Waals surface area (Å²) in [6.45, 7) is 7.49. The first-order chi connectivity index (χ1) is 16.5. The van der Waals surface area contributed by atoms with Gasteiger partial charge in [0, 0.05) is 35.6 Å². The first-order valence-electron chi connectivity index (χ1n) is 11.2. The lowest BCUT2D eigenvalue weighted by Gasteiger charge is -2.34. The highest BCUT2D eigenvalue weighted by Gasteiger charge is 2.34. The van der Waals surface area contributed by atoms with E-state index >= 15 is 0 Å². The number of aromatic hydroxyl groups is 1. The van der Waals surface area contributed by atoms with Gasteiger partial charge in [-0.1, -0.05) is 24.3 Å². The van der Waals surface area contributed by atoms with Crippen LogP contribution >= 0.6 is 11.3 Å². The van der Waals surface area contributed by atoms with E-state index in [9.17, 15) is 19.5 Å². The van der Waals surface area contributed by atoms with Gasteiger partial charge in [-0.15, -0.1) is 11.3 Å². The topological polar surface area (TPSA) is 112 Å². The van der Waals surface area contributed by atoms with Gasteiger partial charge in [0.15, 0.2) is 5.13 Å². The second-order valence-corrected chi connectivity index (χ2v) is 10.1. The van der Waals surface area contributed by atoms with Crippen molar-refractivity contribution < 1.29 is 19.5 Å². The van der Waals surface area contributed by atoms with Gasteiger partial charge in [0.2, 0.25) is 17.7 Å². The largest absolute Gasteiger partial charge is 0.508 e. The van der Waals surface area contributed by atoms with Crippen LogP contribution in [0.4, 0.5) is 10.8 Å². The minimum Gasteiger partial charge on any atom is -0.508 e. The molecule has 35 heavy (non-hydrogen) atoms. The summed E-state index contributed by atoms with van der Waals surface area (Å²) in [4.78, 5) is 45.0. The number of phenols is 1. The SMILES string of the molecule is Cc1cccc(N(C(=O)CCC(=O)Nc2nccs2)[C@@H](C(=O)NC(C)(C)C)c2ccc(O)cc2)c1. The number of thiazole rings is 1. The summed E-state index contributed by atoms with van der Waals surface area (Å²) in [5.41, 5.74) is 1.45. The summed E-state index contributed by atoms with van der Waals surface area (Å²) in [5, 5.41) is 17.6. The molecule has 2 aromatic carbocycles. The Morgan fingerprint density at radius 3 is 2.40 bits per heavy atom. The molecule has 0 aliphatic heterocycles. The number of aromatic nitrogens is 1. The Labute approximate surface area is 209 Å². The highest BCUT2D eigenvalue weighted by Crippen LogP contribution is 2.31. The van der Waals surface area contributed by atoms with E-state index in [-0.39, 0.29) is 36.3 Å². The summed E-state index contributed by atoms with van der Waals surface area (Å²) in [7, 11) is 0. The zero-order valence-electron chi connectivity index (χ0n) is 20.2. The minimum atomic E-state index is -1.01. The van der Waals surface area contributed by atoms with E-state index in [2.05, 4.69) is 15.6 Å². The monoisotopic (exact) mass is 494 g/mol. The molecule has 0 aliphatic carbocycles. The summed E-state index contributed by atoms with van der Waals surface area (Å²) in [6.07, 6.45) is 1.41. The molecule has 0 unspecified atom stereocenters. The molecule has 3 rings (SSSR count). The molecule has 3 N–H and O–H groups in total. The van der Waals surface area contributed by atoms with E-state index in [1.165, 1.54) is 28.4 Å². The molecule has 0 saturated heterocycles. The number of anilines is 2. The lowest BCUT2D eigenvalue weighted by molar-refractivity contribution is -0.128. The van der Waals surface area contributed by atoms with Crippen LogP contribution in [-0.4, -0.2) is 33.4 Å². The number of hydrogen-bond acceptors (Lipinski definition) is 6. The number of rotatable bonds is 8. The Morgan fingerprint density at radius 1 is 1.09 bits per heavy atom. The minimum absolute atomic E-state index is 0.0519. The number of carbonyl (C=O) groups is 3. The quantitative estimate of drug-likeness (QED) is 0.425. The van der Waals surface area contributed by atoms with Gasteiger partial charge < -0.3 is 15.7 Å². The molecule has 1 aromatic heterocycles. The maximum absolute atomic E-state index is 13.6. The van der Waals surface area contributed by atoms with Crippen molar-refractivity contribution in [1.82, 2.24) is 10.3 Å². The predicted molar refractivity (Wildman–Crippen MR) is 137 cm³/mol. The summed E-state index contributed by atoms with van der Waals surface area (Å²) in [6, 6.07) is 12.5. The molecule has 184 valence electrons. The molecule has 3 amide bonds. The highest BCUT2D eigenvalue weighted by atomic mass is 32.1. The van der Waals surface area contributed by atoms with Crippen molar-refractivity contribution in [3.63, 3.8) is 0 Å². The van der Waals surface area contributed by atoms with Crippen LogP contribution < -0.4 is 15.5 Å². The molecule has 0 fully saturated rings. The van der Waals surface area contributed by atoms with Crippen LogP contribution in [0.2, 0.25) is 0 Å².